The molecule has 2 unspecified atom stereocenters. The van der Waals surface area contributed by atoms with E-state index in [9.17, 15) is 34.5 Å². The predicted molar refractivity (Wildman–Crippen MR) is 246 cm³/mol. The van der Waals surface area contributed by atoms with Crippen molar-refractivity contribution in [3.05, 3.63) is 108 Å². The number of fused-ring (bicyclic) bond motifs is 1. The Morgan fingerprint density at radius 2 is 1.48 bits per heavy atom. The monoisotopic (exact) mass is 898 g/mol. The number of aliphatic hydroxyl groups is 2. The number of nitrogens with two attached hydrogens (primary N) is 1. The molecule has 1 fully saturated rings. The maximum atomic E-state index is 15.1. The molecule has 352 valence electrons. The maximum absolute atomic E-state index is 15.1. The number of aromatic amines is 1. The molecule has 12 N–H and O–H groups in total. The summed E-state index contributed by atoms with van der Waals surface area (Å²) in [5.74, 6) is -4.03. The zero-order valence-corrected chi connectivity index (χ0v) is 37.4. The molecule has 65 heavy (non-hydrogen) atoms. The number of unbranched alkanes of at least 4 members (excludes halogenated alkanes) is 1. The molecule has 0 bridgehead atoms. The van der Waals surface area contributed by atoms with Crippen molar-refractivity contribution in [3.8, 4) is 0 Å². The van der Waals surface area contributed by atoms with Crippen molar-refractivity contribution in [2.75, 3.05) is 6.54 Å². The second-order valence-electron chi connectivity index (χ2n) is 16.9. The molecule has 10 atom stereocenters. The lowest BCUT2D eigenvalue weighted by atomic mass is 9.93. The van der Waals surface area contributed by atoms with Crippen molar-refractivity contribution in [1.29, 1.82) is 0 Å². The number of carbonyl (C=O) groups is 5. The number of para-hydroxylation sites is 1. The molecule has 0 aliphatic carbocycles. The van der Waals surface area contributed by atoms with Gasteiger partial charge in [0.15, 0.2) is 5.78 Å². The van der Waals surface area contributed by atoms with E-state index in [2.05, 4.69) is 37.0 Å². The molecule has 1 saturated heterocycles. The number of amides is 2. The van der Waals surface area contributed by atoms with E-state index in [1.807, 2.05) is 55.5 Å². The topological polar surface area (TPSA) is 269 Å². The quantitative estimate of drug-likeness (QED) is 0.0638. The predicted octanol–water partition coefficient (Wildman–Crippen LogP) is 1.90. The minimum Gasteiger partial charge on any atom is -0.480 e. The summed E-state index contributed by atoms with van der Waals surface area (Å²) in [6.07, 6.45) is 0.477. The second kappa shape index (κ2) is 25.2. The minimum atomic E-state index is -1.33. The Morgan fingerprint density at radius 1 is 0.815 bits per heavy atom. The number of carbonyl (C=O) groups excluding carboxylic acids is 4. The molecular formula is C48H66N8O9. The summed E-state index contributed by atoms with van der Waals surface area (Å²) < 4.78 is 0. The largest absolute Gasteiger partial charge is 0.480 e. The van der Waals surface area contributed by atoms with Crippen LogP contribution in [0.2, 0.25) is 0 Å². The van der Waals surface area contributed by atoms with E-state index >= 15 is 4.79 Å². The fourth-order valence-corrected chi connectivity index (χ4v) is 8.18. The molecule has 0 radical (unpaired) electrons. The molecule has 0 saturated carbocycles. The zero-order valence-electron chi connectivity index (χ0n) is 37.4. The lowest BCUT2D eigenvalue weighted by molar-refractivity contribution is -0.158. The number of H-pyrrole nitrogens is 1. The number of hydrogen-bond donors (Lipinski definition) is 11. The van der Waals surface area contributed by atoms with Crippen LogP contribution in [-0.4, -0.2) is 117 Å². The van der Waals surface area contributed by atoms with Crippen LogP contribution < -0.4 is 37.8 Å². The Morgan fingerprint density at radius 3 is 2.12 bits per heavy atom. The highest BCUT2D eigenvalue weighted by Crippen LogP contribution is 2.21. The highest BCUT2D eigenvalue weighted by molar-refractivity contribution is 5.93. The molecule has 1 aromatic heterocycles. The first-order chi connectivity index (χ1) is 31.3. The third-order valence-corrected chi connectivity index (χ3v) is 11.9. The number of carboxylic acid groups (broad SMARTS) is 1. The van der Waals surface area contributed by atoms with Crippen molar-refractivity contribution in [2.45, 2.75) is 139 Å². The third-order valence-electron chi connectivity index (χ3n) is 11.9. The maximum Gasteiger partial charge on any atom is 0.347 e. The standard InChI is InChI=1S/C48H66N8O9/c1-4-35(29(2)57)52-42-23-22-37(51-40(47(62)63)26-32-17-9-6-10-18-32)44(59)39(25-31-15-7-5-8-16-31)56-65-48(64)41(27-33-28-50-36-20-12-11-19-34(33)36)54-45(60)38(21-13-14-24-49)53-46(61)43(55-42)30(3)58/h5-12,15-20,28-30,35,37-43,50-52,55-58H,4,13-14,21-27,49H2,1-3H3,(H,53,61)(H,54,60)(H,62,63)/t29-,30-,35-,37?,38+,39+,40+,41+,42?,43+/m1/s1. The number of benzene rings is 3. The Bertz CT molecular complexity index is 2140. The first kappa shape index (κ1) is 50.5. The van der Waals surface area contributed by atoms with E-state index in [1.54, 1.807) is 49.5 Å². The average molecular weight is 899 g/mol. The number of Topliss-reactive ketones (excluding diaryl/α,β-unsaturated/α-hetero) is 1. The van der Waals surface area contributed by atoms with E-state index in [4.69, 9.17) is 10.6 Å². The van der Waals surface area contributed by atoms with E-state index in [1.165, 1.54) is 6.92 Å². The highest BCUT2D eigenvalue weighted by atomic mass is 16.7. The van der Waals surface area contributed by atoms with Crippen LogP contribution in [0.4, 0.5) is 0 Å². The van der Waals surface area contributed by atoms with Gasteiger partial charge in [-0.1, -0.05) is 85.8 Å². The van der Waals surface area contributed by atoms with Crippen LogP contribution in [0.25, 0.3) is 10.9 Å². The van der Waals surface area contributed by atoms with Gasteiger partial charge in [-0.15, -0.1) is 5.48 Å². The molecule has 1 aliphatic heterocycles. The summed E-state index contributed by atoms with van der Waals surface area (Å²) in [6.45, 7) is 5.25. The number of nitrogens with one attached hydrogen (secondary N) is 7. The van der Waals surface area contributed by atoms with Gasteiger partial charge in [0.1, 0.15) is 30.2 Å². The van der Waals surface area contributed by atoms with E-state index in [0.717, 1.165) is 22.0 Å². The SMILES string of the molecule is CC[C@@H](NC1CCC(N[C@@H](Cc2ccccc2)C(=O)O)C(=O)[C@H](Cc2ccccc2)NOC(=O)[C@H](Cc2c[nH]c3ccccc23)NC(=O)[C@H](CCCCN)NC(=O)[C@H]([C@@H](C)O)N1)[C@@H](C)O. The van der Waals surface area contributed by atoms with Crippen molar-refractivity contribution in [2.24, 2.45) is 5.73 Å². The lowest BCUT2D eigenvalue weighted by Gasteiger charge is -2.34. The van der Waals surface area contributed by atoms with Gasteiger partial charge in [0.25, 0.3) is 0 Å². The molecule has 17 nitrogen and oxygen atoms in total. The number of hydroxylamine groups is 1. The Balaban J connectivity index is 1.60. The van der Waals surface area contributed by atoms with Gasteiger partial charge in [-0.2, -0.15) is 0 Å². The minimum absolute atomic E-state index is 0.0156. The molecule has 1 aliphatic rings. The van der Waals surface area contributed by atoms with Gasteiger partial charge in [-0.25, -0.2) is 4.79 Å². The van der Waals surface area contributed by atoms with Crippen LogP contribution in [0.1, 0.15) is 76.0 Å². The number of hydrogen-bond acceptors (Lipinski definition) is 13. The van der Waals surface area contributed by atoms with Crippen LogP contribution >= 0.6 is 0 Å². The molecule has 5 rings (SSSR count). The summed E-state index contributed by atoms with van der Waals surface area (Å²) in [6, 6.07) is 17.6. The Kier molecular flexibility index (Phi) is 19.6. The van der Waals surface area contributed by atoms with Crippen molar-refractivity contribution in [1.82, 2.24) is 37.0 Å². The van der Waals surface area contributed by atoms with Crippen LogP contribution in [0.3, 0.4) is 0 Å². The molecule has 17 heteroatoms. The van der Waals surface area contributed by atoms with Gasteiger partial charge >= 0.3 is 11.9 Å². The van der Waals surface area contributed by atoms with Gasteiger partial charge in [-0.3, -0.25) is 35.1 Å². The molecular weight excluding hydrogens is 833 g/mol. The van der Waals surface area contributed by atoms with Crippen LogP contribution in [-0.2, 0) is 48.1 Å². The number of aliphatic hydroxyl groups excluding tert-OH is 2. The van der Waals surface area contributed by atoms with E-state index in [0.29, 0.717) is 31.4 Å². The Hall–Kier alpha value is -5.53. The first-order valence-electron chi connectivity index (χ1n) is 22.6. The summed E-state index contributed by atoms with van der Waals surface area (Å²) in [7, 11) is 0. The number of aliphatic carboxylic acids is 1. The number of ketones is 1. The summed E-state index contributed by atoms with van der Waals surface area (Å²) in [4.78, 5) is 79.8. The van der Waals surface area contributed by atoms with Crippen molar-refractivity contribution in [3.63, 3.8) is 0 Å². The van der Waals surface area contributed by atoms with Crippen LogP contribution in [0.15, 0.2) is 91.1 Å². The van der Waals surface area contributed by atoms with Crippen molar-refractivity contribution >= 4 is 40.4 Å². The lowest BCUT2D eigenvalue weighted by Crippen LogP contribution is -2.62. The van der Waals surface area contributed by atoms with E-state index in [-0.39, 0.29) is 38.5 Å². The highest BCUT2D eigenvalue weighted by Gasteiger charge is 2.37. The fourth-order valence-electron chi connectivity index (χ4n) is 8.18. The normalized spacial score (nSPS) is 23.7. The second-order valence-corrected chi connectivity index (χ2v) is 16.9. The van der Waals surface area contributed by atoms with Crippen molar-refractivity contribution < 1.29 is 44.1 Å². The van der Waals surface area contributed by atoms with Gasteiger partial charge in [-0.05, 0) is 94.5 Å². The molecule has 3 aromatic carbocycles. The first-order valence-corrected chi connectivity index (χ1v) is 22.6. The molecule has 4 aromatic rings. The number of rotatable bonds is 18. The smallest absolute Gasteiger partial charge is 0.347 e. The van der Waals surface area contributed by atoms with Crippen LogP contribution in [0, 0.1) is 0 Å². The van der Waals surface area contributed by atoms with Gasteiger partial charge in [0.2, 0.25) is 11.8 Å². The fraction of sp³-hybridized carbons (Fsp3) is 0.479. The van der Waals surface area contributed by atoms with Gasteiger partial charge in [0.05, 0.1) is 24.4 Å². The summed E-state index contributed by atoms with van der Waals surface area (Å²) in [5, 5.41) is 48.4. The molecule has 0 spiro atoms. The van der Waals surface area contributed by atoms with Gasteiger partial charge < -0.3 is 41.5 Å². The summed E-state index contributed by atoms with van der Waals surface area (Å²) >= 11 is 0. The number of aromatic nitrogens is 1. The van der Waals surface area contributed by atoms with Crippen LogP contribution in [0.5, 0.6) is 0 Å². The third kappa shape index (κ3) is 15.0. The van der Waals surface area contributed by atoms with Gasteiger partial charge in [0, 0.05) is 29.6 Å². The Labute approximate surface area is 380 Å². The number of carboxylic acids is 1. The zero-order chi connectivity index (χ0) is 46.9. The molecule has 2 heterocycles. The molecule has 2 amide bonds. The average Bonchev–Trinajstić information content (AvgIpc) is 3.70. The summed E-state index contributed by atoms with van der Waals surface area (Å²) in [5.41, 5.74) is 11.5. The van der Waals surface area contributed by atoms with E-state index < -0.39 is 90.2 Å².